The summed E-state index contributed by atoms with van der Waals surface area (Å²) in [6.45, 7) is 5.89. The summed E-state index contributed by atoms with van der Waals surface area (Å²) in [5.74, 6) is -0.415. The molecule has 0 saturated carbocycles. The lowest BCUT2D eigenvalue weighted by Gasteiger charge is -2.43. The molecule has 2 unspecified atom stereocenters. The fraction of sp³-hybridized carbons (Fsp3) is 0.500. The third-order valence-corrected chi connectivity index (χ3v) is 3.96. The van der Waals surface area contributed by atoms with Crippen molar-refractivity contribution in [2.45, 2.75) is 25.9 Å². The highest BCUT2D eigenvalue weighted by Crippen LogP contribution is 2.25. The number of anilines is 1. The monoisotopic (exact) mass is 264 g/mol. The van der Waals surface area contributed by atoms with Crippen LogP contribution in [0.25, 0.3) is 0 Å². The third-order valence-electron chi connectivity index (χ3n) is 3.96. The van der Waals surface area contributed by atoms with Crippen LogP contribution in [0.3, 0.4) is 0 Å². The summed E-state index contributed by atoms with van der Waals surface area (Å²) >= 11 is 0. The van der Waals surface area contributed by atoms with Gasteiger partial charge in [-0.1, -0.05) is 0 Å². The van der Waals surface area contributed by atoms with Crippen LogP contribution in [-0.4, -0.2) is 43.0 Å². The Bertz CT molecular complexity index is 476. The molecule has 1 aliphatic heterocycles. The van der Waals surface area contributed by atoms with Crippen molar-refractivity contribution < 1.29 is 4.39 Å². The van der Waals surface area contributed by atoms with Crippen molar-refractivity contribution in [1.82, 2.24) is 4.90 Å². The first-order valence-electron chi connectivity index (χ1n) is 6.51. The van der Waals surface area contributed by atoms with E-state index in [1.165, 1.54) is 6.07 Å². The predicted molar refractivity (Wildman–Crippen MR) is 76.3 cm³/mol. The zero-order chi connectivity index (χ0) is 14.2. The summed E-state index contributed by atoms with van der Waals surface area (Å²) in [5, 5.41) is 7.33. The standard InChI is InChI=1S/C14H21FN4/c1-9-7-19(8-10(2)18(9)3)13-5-4-11(14(16)17)6-12(13)15/h4-6,9-10H,7-8H2,1-3H3,(H3,16,17). The predicted octanol–water partition coefficient (Wildman–Crippen LogP) is 1.64. The van der Waals surface area contributed by atoms with Crippen molar-refractivity contribution in [3.05, 3.63) is 29.6 Å². The van der Waals surface area contributed by atoms with Gasteiger partial charge in [0.2, 0.25) is 0 Å². The molecule has 1 aromatic carbocycles. The molecule has 1 aromatic rings. The normalized spacial score (nSPS) is 24.5. The number of nitrogens with one attached hydrogen (secondary N) is 1. The van der Waals surface area contributed by atoms with Crippen LogP contribution in [0.2, 0.25) is 0 Å². The van der Waals surface area contributed by atoms with Gasteiger partial charge in [0, 0.05) is 30.7 Å². The van der Waals surface area contributed by atoms with E-state index in [-0.39, 0.29) is 11.7 Å². The highest BCUT2D eigenvalue weighted by atomic mass is 19.1. The highest BCUT2D eigenvalue weighted by molar-refractivity contribution is 5.95. The van der Waals surface area contributed by atoms with E-state index in [9.17, 15) is 4.39 Å². The van der Waals surface area contributed by atoms with Crippen LogP contribution >= 0.6 is 0 Å². The smallest absolute Gasteiger partial charge is 0.147 e. The minimum atomic E-state index is -0.309. The molecule has 4 nitrogen and oxygen atoms in total. The van der Waals surface area contributed by atoms with E-state index in [1.54, 1.807) is 12.1 Å². The van der Waals surface area contributed by atoms with E-state index in [4.69, 9.17) is 11.1 Å². The van der Waals surface area contributed by atoms with Crippen LogP contribution in [0.5, 0.6) is 0 Å². The molecular weight excluding hydrogens is 243 g/mol. The van der Waals surface area contributed by atoms with E-state index in [1.807, 2.05) is 0 Å². The van der Waals surface area contributed by atoms with Crippen molar-refractivity contribution in [1.29, 1.82) is 5.41 Å². The fourth-order valence-corrected chi connectivity index (χ4v) is 2.53. The molecule has 104 valence electrons. The molecule has 1 fully saturated rings. The van der Waals surface area contributed by atoms with E-state index in [0.717, 1.165) is 13.1 Å². The fourth-order valence-electron chi connectivity index (χ4n) is 2.53. The quantitative estimate of drug-likeness (QED) is 0.630. The van der Waals surface area contributed by atoms with Gasteiger partial charge in [-0.15, -0.1) is 0 Å². The second-order valence-electron chi connectivity index (χ2n) is 5.35. The minimum Gasteiger partial charge on any atom is -0.384 e. The molecule has 0 radical (unpaired) electrons. The van der Waals surface area contributed by atoms with Crippen molar-refractivity contribution in [3.8, 4) is 0 Å². The lowest BCUT2D eigenvalue weighted by molar-refractivity contribution is 0.169. The third kappa shape index (κ3) is 2.71. The average Bonchev–Trinajstić information content (AvgIpc) is 2.35. The Balaban J connectivity index is 2.25. The maximum Gasteiger partial charge on any atom is 0.147 e. The highest BCUT2D eigenvalue weighted by Gasteiger charge is 2.27. The second kappa shape index (κ2) is 5.17. The average molecular weight is 264 g/mol. The van der Waals surface area contributed by atoms with Crippen molar-refractivity contribution in [2.75, 3.05) is 25.0 Å². The molecule has 0 amide bonds. The summed E-state index contributed by atoms with van der Waals surface area (Å²) in [6, 6.07) is 5.53. The molecule has 0 bridgehead atoms. The number of nitrogen functional groups attached to an aromatic ring is 1. The van der Waals surface area contributed by atoms with Crippen LogP contribution in [0, 0.1) is 11.2 Å². The van der Waals surface area contributed by atoms with Gasteiger partial charge in [-0.3, -0.25) is 10.3 Å². The van der Waals surface area contributed by atoms with E-state index >= 15 is 0 Å². The molecule has 3 N–H and O–H groups in total. The van der Waals surface area contributed by atoms with Crippen molar-refractivity contribution in [3.63, 3.8) is 0 Å². The van der Waals surface area contributed by atoms with Gasteiger partial charge in [0.05, 0.1) is 5.69 Å². The molecular formula is C14H21FN4. The van der Waals surface area contributed by atoms with Gasteiger partial charge >= 0.3 is 0 Å². The number of rotatable bonds is 2. The Morgan fingerprint density at radius 1 is 1.32 bits per heavy atom. The van der Waals surface area contributed by atoms with Crippen LogP contribution in [0.15, 0.2) is 18.2 Å². The Morgan fingerprint density at radius 3 is 2.37 bits per heavy atom. The Hall–Kier alpha value is -1.62. The maximum absolute atomic E-state index is 14.1. The molecule has 5 heteroatoms. The first-order chi connectivity index (χ1) is 8.90. The van der Waals surface area contributed by atoms with Crippen molar-refractivity contribution >= 4 is 11.5 Å². The molecule has 0 spiro atoms. The van der Waals surface area contributed by atoms with Gasteiger partial charge in [-0.2, -0.15) is 0 Å². The Labute approximate surface area is 113 Å². The summed E-state index contributed by atoms with van der Waals surface area (Å²) in [4.78, 5) is 4.37. The molecule has 19 heavy (non-hydrogen) atoms. The van der Waals surface area contributed by atoms with Crippen molar-refractivity contribution in [2.24, 2.45) is 5.73 Å². The van der Waals surface area contributed by atoms with E-state index in [2.05, 4.69) is 30.7 Å². The van der Waals surface area contributed by atoms with Gasteiger partial charge in [0.15, 0.2) is 0 Å². The van der Waals surface area contributed by atoms with Gasteiger partial charge < -0.3 is 10.6 Å². The van der Waals surface area contributed by atoms with Gasteiger partial charge in [-0.05, 0) is 39.1 Å². The number of nitrogens with two attached hydrogens (primary N) is 1. The maximum atomic E-state index is 14.1. The molecule has 2 atom stereocenters. The molecule has 2 rings (SSSR count). The lowest BCUT2D eigenvalue weighted by atomic mass is 10.1. The van der Waals surface area contributed by atoms with E-state index in [0.29, 0.717) is 23.3 Å². The number of hydrogen-bond acceptors (Lipinski definition) is 3. The first-order valence-corrected chi connectivity index (χ1v) is 6.51. The summed E-state index contributed by atoms with van der Waals surface area (Å²) in [5.41, 5.74) is 6.39. The topological polar surface area (TPSA) is 56.4 Å². The van der Waals surface area contributed by atoms with Crippen LogP contribution < -0.4 is 10.6 Å². The first kappa shape index (κ1) is 13.8. The molecule has 1 aliphatic rings. The molecule has 0 aliphatic carbocycles. The Morgan fingerprint density at radius 2 is 1.89 bits per heavy atom. The largest absolute Gasteiger partial charge is 0.384 e. The summed E-state index contributed by atoms with van der Waals surface area (Å²) in [7, 11) is 2.10. The molecule has 0 aromatic heterocycles. The molecule has 1 saturated heterocycles. The summed E-state index contributed by atoms with van der Waals surface area (Å²) in [6.07, 6.45) is 0. The van der Waals surface area contributed by atoms with Crippen LogP contribution in [0.4, 0.5) is 10.1 Å². The van der Waals surface area contributed by atoms with Crippen LogP contribution in [-0.2, 0) is 0 Å². The second-order valence-corrected chi connectivity index (χ2v) is 5.35. The number of benzene rings is 1. The molecule has 1 heterocycles. The number of piperazine rings is 1. The number of halogens is 1. The number of nitrogens with zero attached hydrogens (tertiary/aromatic N) is 2. The van der Waals surface area contributed by atoms with Gasteiger partial charge in [0.25, 0.3) is 0 Å². The van der Waals surface area contributed by atoms with Gasteiger partial charge in [0.1, 0.15) is 11.7 Å². The number of hydrogen-bond donors (Lipinski definition) is 2. The number of amidine groups is 1. The minimum absolute atomic E-state index is 0.106. The zero-order valence-electron chi connectivity index (χ0n) is 11.7. The lowest BCUT2D eigenvalue weighted by Crippen LogP contribution is -2.55. The SMILES string of the molecule is CC1CN(c2ccc(C(=N)N)cc2F)CC(C)N1C. The summed E-state index contributed by atoms with van der Waals surface area (Å²) < 4.78 is 14.1. The van der Waals surface area contributed by atoms with E-state index < -0.39 is 0 Å². The van der Waals surface area contributed by atoms with Gasteiger partial charge in [-0.25, -0.2) is 4.39 Å². The van der Waals surface area contributed by atoms with Crippen LogP contribution in [0.1, 0.15) is 19.4 Å². The zero-order valence-corrected chi connectivity index (χ0v) is 11.7. The number of likely N-dealkylation sites (N-methyl/N-ethyl adjacent to an activating group) is 1. The Kier molecular flexibility index (Phi) is 3.75.